The lowest BCUT2D eigenvalue weighted by Crippen LogP contribution is -2.51. The van der Waals surface area contributed by atoms with Crippen LogP contribution in [0.15, 0.2) is 35.3 Å². The van der Waals surface area contributed by atoms with Crippen molar-refractivity contribution >= 4 is 29.9 Å². The lowest BCUT2D eigenvalue weighted by atomic mass is 10.0. The quantitative estimate of drug-likeness (QED) is 0.244. The SMILES string of the molecule is CCNC(=NCCOCC1CC1)NC1CCCN(Cc2ccccc2)C1.I. The second kappa shape index (κ2) is 12.6. The van der Waals surface area contributed by atoms with Crippen LogP contribution >= 0.6 is 24.0 Å². The van der Waals surface area contributed by atoms with Crippen molar-refractivity contribution in [2.45, 2.75) is 45.2 Å². The molecule has 2 N–H and O–H groups in total. The lowest BCUT2D eigenvalue weighted by Gasteiger charge is -2.34. The average Bonchev–Trinajstić information content (AvgIpc) is 3.47. The normalized spacial score (nSPS) is 20.8. The fraction of sp³-hybridized carbons (Fsp3) is 0.667. The number of benzene rings is 1. The Bertz CT molecular complexity index is 550. The second-order valence-electron chi connectivity index (χ2n) is 7.48. The summed E-state index contributed by atoms with van der Waals surface area (Å²) in [4.78, 5) is 7.23. The van der Waals surface area contributed by atoms with Gasteiger partial charge in [0.05, 0.1) is 13.2 Å². The first-order chi connectivity index (χ1) is 12.8. The van der Waals surface area contributed by atoms with Gasteiger partial charge in [0.1, 0.15) is 0 Å². The van der Waals surface area contributed by atoms with Crippen LogP contribution in [0, 0.1) is 5.92 Å². The van der Waals surface area contributed by atoms with Crippen LogP contribution in [0.5, 0.6) is 0 Å². The van der Waals surface area contributed by atoms with E-state index in [9.17, 15) is 0 Å². The van der Waals surface area contributed by atoms with Crippen molar-refractivity contribution in [1.82, 2.24) is 15.5 Å². The van der Waals surface area contributed by atoms with Crippen LogP contribution in [0.2, 0.25) is 0 Å². The Morgan fingerprint density at radius 2 is 2.04 bits per heavy atom. The topological polar surface area (TPSA) is 48.9 Å². The van der Waals surface area contributed by atoms with Gasteiger partial charge in [0, 0.05) is 32.3 Å². The number of hydrogen-bond donors (Lipinski definition) is 2. The number of aliphatic imine (C=N–C) groups is 1. The summed E-state index contributed by atoms with van der Waals surface area (Å²) < 4.78 is 5.69. The molecule has 152 valence electrons. The Kier molecular flexibility index (Phi) is 10.4. The van der Waals surface area contributed by atoms with E-state index < -0.39 is 0 Å². The molecular weight excluding hydrogens is 451 g/mol. The number of rotatable bonds is 9. The molecule has 0 bridgehead atoms. The number of piperidine rings is 1. The van der Waals surface area contributed by atoms with Crippen molar-refractivity contribution < 1.29 is 4.74 Å². The summed E-state index contributed by atoms with van der Waals surface area (Å²) in [6.45, 7) is 8.63. The highest BCUT2D eigenvalue weighted by atomic mass is 127. The van der Waals surface area contributed by atoms with E-state index in [0.29, 0.717) is 6.04 Å². The number of likely N-dealkylation sites (tertiary alicyclic amines) is 1. The molecule has 1 saturated heterocycles. The predicted molar refractivity (Wildman–Crippen MR) is 123 cm³/mol. The van der Waals surface area contributed by atoms with Crippen molar-refractivity contribution in [2.75, 3.05) is 39.4 Å². The van der Waals surface area contributed by atoms with E-state index in [0.717, 1.165) is 51.3 Å². The maximum atomic E-state index is 5.69. The van der Waals surface area contributed by atoms with Crippen molar-refractivity contribution in [3.05, 3.63) is 35.9 Å². The van der Waals surface area contributed by atoms with Gasteiger partial charge in [-0.05, 0) is 50.6 Å². The van der Waals surface area contributed by atoms with Gasteiger partial charge in [-0.2, -0.15) is 0 Å². The fourth-order valence-corrected chi connectivity index (χ4v) is 3.43. The Labute approximate surface area is 181 Å². The third-order valence-electron chi connectivity index (χ3n) is 5.00. The van der Waals surface area contributed by atoms with Crippen LogP contribution in [0.1, 0.15) is 38.2 Å². The van der Waals surface area contributed by atoms with Gasteiger partial charge >= 0.3 is 0 Å². The maximum absolute atomic E-state index is 5.69. The van der Waals surface area contributed by atoms with E-state index in [1.807, 2.05) is 0 Å². The molecule has 1 atom stereocenters. The summed E-state index contributed by atoms with van der Waals surface area (Å²) in [5.41, 5.74) is 1.39. The van der Waals surface area contributed by atoms with Gasteiger partial charge in [0.15, 0.2) is 5.96 Å². The zero-order valence-electron chi connectivity index (χ0n) is 16.5. The minimum atomic E-state index is 0. The lowest BCUT2D eigenvalue weighted by molar-refractivity contribution is 0.131. The third kappa shape index (κ3) is 8.79. The molecule has 0 amide bonds. The van der Waals surface area contributed by atoms with Gasteiger partial charge in [0.2, 0.25) is 0 Å². The monoisotopic (exact) mass is 486 g/mol. The molecule has 1 aromatic carbocycles. The average molecular weight is 486 g/mol. The van der Waals surface area contributed by atoms with Crippen LogP contribution in [0.3, 0.4) is 0 Å². The highest BCUT2D eigenvalue weighted by molar-refractivity contribution is 14.0. The molecule has 0 radical (unpaired) electrons. The summed E-state index contributed by atoms with van der Waals surface area (Å²) in [6.07, 6.45) is 5.12. The first-order valence-corrected chi connectivity index (χ1v) is 10.2. The first kappa shape index (κ1) is 22.4. The molecule has 2 fully saturated rings. The van der Waals surface area contributed by atoms with Crippen molar-refractivity contribution in [2.24, 2.45) is 10.9 Å². The largest absolute Gasteiger partial charge is 0.379 e. The Hall–Kier alpha value is -0.860. The summed E-state index contributed by atoms with van der Waals surface area (Å²) in [5.74, 6) is 1.75. The minimum absolute atomic E-state index is 0. The van der Waals surface area contributed by atoms with Crippen LogP contribution < -0.4 is 10.6 Å². The van der Waals surface area contributed by atoms with Gasteiger partial charge in [-0.15, -0.1) is 24.0 Å². The van der Waals surface area contributed by atoms with Crippen LogP contribution in [-0.4, -0.2) is 56.3 Å². The maximum Gasteiger partial charge on any atom is 0.191 e. The number of nitrogens with one attached hydrogen (secondary N) is 2. The van der Waals surface area contributed by atoms with Crippen molar-refractivity contribution in [3.63, 3.8) is 0 Å². The molecule has 0 spiro atoms. The molecular formula is C21H35IN4O. The van der Waals surface area contributed by atoms with E-state index in [2.05, 4.69) is 57.8 Å². The van der Waals surface area contributed by atoms with E-state index in [1.54, 1.807) is 0 Å². The second-order valence-corrected chi connectivity index (χ2v) is 7.48. The third-order valence-corrected chi connectivity index (χ3v) is 5.00. The van der Waals surface area contributed by atoms with E-state index in [1.165, 1.54) is 37.8 Å². The molecule has 1 aromatic rings. The van der Waals surface area contributed by atoms with E-state index in [4.69, 9.17) is 4.74 Å². The Morgan fingerprint density at radius 3 is 2.78 bits per heavy atom. The molecule has 0 aromatic heterocycles. The zero-order valence-corrected chi connectivity index (χ0v) is 18.9. The van der Waals surface area contributed by atoms with Gasteiger partial charge in [-0.25, -0.2) is 0 Å². The Morgan fingerprint density at radius 1 is 1.22 bits per heavy atom. The molecule has 6 heteroatoms. The molecule has 2 aliphatic rings. The van der Waals surface area contributed by atoms with Gasteiger partial charge in [-0.3, -0.25) is 9.89 Å². The standard InChI is InChI=1S/C21H34N4O.HI/c1-2-22-21(23-12-14-26-17-19-10-11-19)24-20-9-6-13-25(16-20)15-18-7-4-3-5-8-18;/h3-5,7-8,19-20H,2,6,9-17H2,1H3,(H2,22,23,24);1H. The van der Waals surface area contributed by atoms with Crippen molar-refractivity contribution in [1.29, 1.82) is 0 Å². The van der Waals surface area contributed by atoms with Gasteiger partial charge in [0.25, 0.3) is 0 Å². The van der Waals surface area contributed by atoms with Crippen LogP contribution in [0.25, 0.3) is 0 Å². The first-order valence-electron chi connectivity index (χ1n) is 10.2. The summed E-state index contributed by atoms with van der Waals surface area (Å²) >= 11 is 0. The van der Waals surface area contributed by atoms with E-state index in [-0.39, 0.29) is 24.0 Å². The predicted octanol–water partition coefficient (Wildman–Crippen LogP) is 3.25. The molecule has 5 nitrogen and oxygen atoms in total. The molecule has 1 saturated carbocycles. The molecule has 3 rings (SSSR count). The highest BCUT2D eigenvalue weighted by Gasteiger charge is 2.21. The van der Waals surface area contributed by atoms with Crippen molar-refractivity contribution in [3.8, 4) is 0 Å². The molecule has 27 heavy (non-hydrogen) atoms. The van der Waals surface area contributed by atoms with E-state index >= 15 is 0 Å². The summed E-state index contributed by atoms with van der Waals surface area (Å²) in [7, 11) is 0. The van der Waals surface area contributed by atoms with Gasteiger partial charge in [-0.1, -0.05) is 30.3 Å². The van der Waals surface area contributed by atoms with Crippen LogP contribution in [-0.2, 0) is 11.3 Å². The minimum Gasteiger partial charge on any atom is -0.379 e. The summed E-state index contributed by atoms with van der Waals surface area (Å²) in [5, 5.41) is 7.00. The highest BCUT2D eigenvalue weighted by Crippen LogP contribution is 2.28. The number of halogens is 1. The Balaban J connectivity index is 0.00000261. The number of ether oxygens (including phenoxy) is 1. The summed E-state index contributed by atoms with van der Waals surface area (Å²) in [6, 6.07) is 11.2. The van der Waals surface area contributed by atoms with Gasteiger partial charge < -0.3 is 15.4 Å². The number of nitrogens with zero attached hydrogens (tertiary/aromatic N) is 2. The smallest absolute Gasteiger partial charge is 0.191 e. The number of guanidine groups is 1. The number of hydrogen-bond acceptors (Lipinski definition) is 3. The molecule has 1 aliphatic heterocycles. The zero-order chi connectivity index (χ0) is 18.0. The molecule has 1 heterocycles. The fourth-order valence-electron chi connectivity index (χ4n) is 3.43. The molecule has 1 aliphatic carbocycles. The molecule has 1 unspecified atom stereocenters. The van der Waals surface area contributed by atoms with Crippen LogP contribution in [0.4, 0.5) is 0 Å².